The molecule has 0 amide bonds. The zero-order valence-corrected chi connectivity index (χ0v) is 18.3. The molecular formula is C27H34O3. The van der Waals surface area contributed by atoms with Crippen molar-refractivity contribution in [2.75, 3.05) is 6.61 Å². The van der Waals surface area contributed by atoms with E-state index in [0.29, 0.717) is 6.61 Å². The molecule has 1 heterocycles. The van der Waals surface area contributed by atoms with Crippen molar-refractivity contribution in [3.63, 3.8) is 0 Å². The number of rotatable bonds is 8. The summed E-state index contributed by atoms with van der Waals surface area (Å²) in [5, 5.41) is 0. The van der Waals surface area contributed by atoms with Crippen LogP contribution in [0.1, 0.15) is 75.8 Å². The third-order valence-corrected chi connectivity index (χ3v) is 7.25. The fourth-order valence-electron chi connectivity index (χ4n) is 5.71. The number of hydrogen-bond donors (Lipinski definition) is 0. The fourth-order valence-corrected chi connectivity index (χ4v) is 5.71. The summed E-state index contributed by atoms with van der Waals surface area (Å²) in [6.45, 7) is 4.79. The van der Waals surface area contributed by atoms with Crippen molar-refractivity contribution in [2.24, 2.45) is 11.3 Å². The third kappa shape index (κ3) is 3.69. The van der Waals surface area contributed by atoms with Crippen LogP contribution in [0.4, 0.5) is 0 Å². The Morgan fingerprint density at radius 1 is 1.00 bits per heavy atom. The van der Waals surface area contributed by atoms with Crippen LogP contribution in [0.15, 0.2) is 60.7 Å². The van der Waals surface area contributed by atoms with Crippen molar-refractivity contribution in [3.05, 3.63) is 71.8 Å². The first-order valence-electron chi connectivity index (χ1n) is 11.6. The minimum atomic E-state index is -0.819. The quantitative estimate of drug-likeness (QED) is 0.471. The lowest BCUT2D eigenvalue weighted by atomic mass is 9.64. The highest BCUT2D eigenvalue weighted by atomic mass is 16.7. The number of benzene rings is 2. The van der Waals surface area contributed by atoms with Gasteiger partial charge in [-0.25, -0.2) is 0 Å². The molecule has 3 heteroatoms. The van der Waals surface area contributed by atoms with Crippen molar-refractivity contribution in [1.82, 2.24) is 0 Å². The van der Waals surface area contributed by atoms with Crippen molar-refractivity contribution in [2.45, 2.75) is 70.5 Å². The molecule has 3 atom stereocenters. The molecule has 1 aliphatic heterocycles. The maximum absolute atomic E-state index is 13.1. The molecule has 2 aromatic rings. The van der Waals surface area contributed by atoms with Gasteiger partial charge in [-0.3, -0.25) is 4.79 Å². The Hall–Kier alpha value is -2.13. The van der Waals surface area contributed by atoms with E-state index in [1.54, 1.807) is 0 Å². The molecule has 1 aliphatic carbocycles. The molecule has 1 saturated heterocycles. The fraction of sp³-hybridized carbons (Fsp3) is 0.519. The molecule has 0 bridgehead atoms. The number of carbonyl (C=O) groups excluding carboxylic acids is 1. The third-order valence-electron chi connectivity index (χ3n) is 7.25. The molecule has 3 nitrogen and oxygen atoms in total. The van der Waals surface area contributed by atoms with E-state index in [2.05, 4.69) is 67.6 Å². The van der Waals surface area contributed by atoms with Gasteiger partial charge in [-0.1, -0.05) is 87.4 Å². The summed E-state index contributed by atoms with van der Waals surface area (Å²) in [7, 11) is 0. The van der Waals surface area contributed by atoms with Crippen LogP contribution in [0.2, 0.25) is 0 Å². The summed E-state index contributed by atoms with van der Waals surface area (Å²) in [6, 6.07) is 21.4. The van der Waals surface area contributed by atoms with Crippen molar-refractivity contribution in [3.8, 4) is 0 Å². The van der Waals surface area contributed by atoms with Gasteiger partial charge in [-0.2, -0.15) is 0 Å². The molecule has 160 valence electrons. The molecule has 0 radical (unpaired) electrons. The average Bonchev–Trinajstić information content (AvgIpc) is 3.28. The first-order valence-corrected chi connectivity index (χ1v) is 11.6. The van der Waals surface area contributed by atoms with E-state index in [9.17, 15) is 4.79 Å². The minimum absolute atomic E-state index is 0.0891. The Morgan fingerprint density at radius 2 is 1.63 bits per heavy atom. The van der Waals surface area contributed by atoms with E-state index in [1.165, 1.54) is 11.1 Å². The first-order chi connectivity index (χ1) is 14.6. The molecule has 1 saturated carbocycles. The smallest absolute Gasteiger partial charge is 0.311 e. The van der Waals surface area contributed by atoms with Crippen molar-refractivity contribution >= 4 is 5.97 Å². The second-order valence-electron chi connectivity index (χ2n) is 9.08. The molecule has 3 unspecified atom stereocenters. The molecule has 2 aliphatic rings. The zero-order valence-electron chi connectivity index (χ0n) is 18.3. The maximum atomic E-state index is 13.1. The number of carbonyl (C=O) groups is 1. The maximum Gasteiger partial charge on any atom is 0.311 e. The van der Waals surface area contributed by atoms with E-state index in [-0.39, 0.29) is 23.2 Å². The van der Waals surface area contributed by atoms with Crippen molar-refractivity contribution in [1.29, 1.82) is 0 Å². The number of hydrogen-bond acceptors (Lipinski definition) is 3. The van der Waals surface area contributed by atoms with E-state index >= 15 is 0 Å². The summed E-state index contributed by atoms with van der Waals surface area (Å²) in [6.07, 6.45) is 6.75. The number of fused-ring (bicyclic) bond motifs is 1. The second kappa shape index (κ2) is 8.93. The highest BCUT2D eigenvalue weighted by molar-refractivity contribution is 5.72. The van der Waals surface area contributed by atoms with Crippen molar-refractivity contribution < 1.29 is 14.3 Å². The minimum Gasteiger partial charge on any atom is -0.432 e. The second-order valence-corrected chi connectivity index (χ2v) is 9.08. The van der Waals surface area contributed by atoms with Gasteiger partial charge in [-0.15, -0.1) is 0 Å². The highest BCUT2D eigenvalue weighted by Gasteiger charge is 2.66. The van der Waals surface area contributed by atoms with Gasteiger partial charge < -0.3 is 9.47 Å². The number of ether oxygens (including phenoxy) is 2. The van der Waals surface area contributed by atoms with Crippen LogP contribution in [-0.2, 0) is 14.3 Å². The first kappa shape index (κ1) is 21.1. The number of unbranched alkanes of at least 4 members (excludes halogenated alkanes) is 1. The Labute approximate surface area is 180 Å². The predicted molar refractivity (Wildman–Crippen MR) is 119 cm³/mol. The van der Waals surface area contributed by atoms with E-state index in [1.807, 2.05) is 6.92 Å². The van der Waals surface area contributed by atoms with Crippen LogP contribution in [0, 0.1) is 11.3 Å². The Bertz CT molecular complexity index is 780. The van der Waals surface area contributed by atoms with Crippen LogP contribution in [0.25, 0.3) is 0 Å². The average molecular weight is 407 g/mol. The summed E-state index contributed by atoms with van der Waals surface area (Å²) < 4.78 is 12.7. The van der Waals surface area contributed by atoms with Gasteiger partial charge >= 0.3 is 5.97 Å². The largest absolute Gasteiger partial charge is 0.432 e. The molecule has 30 heavy (non-hydrogen) atoms. The predicted octanol–water partition coefficient (Wildman–Crippen LogP) is 6.47. The van der Waals surface area contributed by atoms with Crippen LogP contribution < -0.4 is 0 Å². The SMILES string of the molecule is CCCCC(C)C(=O)OC12CCCC1(C(c1ccccc1)c1ccccc1)CCO2. The van der Waals surface area contributed by atoms with E-state index in [0.717, 1.165) is 44.9 Å². The van der Waals surface area contributed by atoms with Crippen LogP contribution in [0.5, 0.6) is 0 Å². The Morgan fingerprint density at radius 3 is 2.23 bits per heavy atom. The summed E-state index contributed by atoms with van der Waals surface area (Å²) in [5.74, 6) is -0.866. The molecule has 0 aromatic heterocycles. The Balaban J connectivity index is 1.73. The van der Waals surface area contributed by atoms with Crippen LogP contribution >= 0.6 is 0 Å². The molecular weight excluding hydrogens is 372 g/mol. The Kier molecular flexibility index (Phi) is 6.29. The van der Waals surface area contributed by atoms with E-state index < -0.39 is 5.79 Å². The number of esters is 1. The lowest BCUT2D eigenvalue weighted by molar-refractivity contribution is -0.245. The van der Waals surface area contributed by atoms with Gasteiger partial charge in [-0.05, 0) is 36.8 Å². The van der Waals surface area contributed by atoms with Gasteiger partial charge in [0.2, 0.25) is 5.79 Å². The molecule has 2 fully saturated rings. The summed E-state index contributed by atoms with van der Waals surface area (Å²) >= 11 is 0. The topological polar surface area (TPSA) is 35.5 Å². The zero-order chi connectivity index (χ0) is 21.0. The molecule has 0 N–H and O–H groups in total. The molecule has 0 spiro atoms. The van der Waals surface area contributed by atoms with Crippen LogP contribution in [0.3, 0.4) is 0 Å². The van der Waals surface area contributed by atoms with Gasteiger partial charge in [0.1, 0.15) is 0 Å². The lowest BCUT2D eigenvalue weighted by Gasteiger charge is -2.44. The van der Waals surface area contributed by atoms with Gasteiger partial charge in [0, 0.05) is 17.8 Å². The van der Waals surface area contributed by atoms with Gasteiger partial charge in [0.25, 0.3) is 0 Å². The molecule has 2 aromatic carbocycles. The van der Waals surface area contributed by atoms with Gasteiger partial charge in [0.05, 0.1) is 12.5 Å². The standard InChI is InChI=1S/C27H34O3/c1-3-4-12-21(2)25(28)30-27-18-11-17-26(27,19-20-29-27)24(22-13-7-5-8-14-22)23-15-9-6-10-16-23/h5-10,13-16,21,24H,3-4,11-12,17-20H2,1-2H3. The summed E-state index contributed by atoms with van der Waals surface area (Å²) in [4.78, 5) is 13.1. The summed E-state index contributed by atoms with van der Waals surface area (Å²) in [5.41, 5.74) is 2.32. The normalized spacial score (nSPS) is 26.5. The molecule has 4 rings (SSSR count). The monoisotopic (exact) mass is 406 g/mol. The lowest BCUT2D eigenvalue weighted by Crippen LogP contribution is -2.49. The van der Waals surface area contributed by atoms with E-state index in [4.69, 9.17) is 9.47 Å². The van der Waals surface area contributed by atoms with Crippen LogP contribution in [-0.4, -0.2) is 18.4 Å². The van der Waals surface area contributed by atoms with Gasteiger partial charge in [0.15, 0.2) is 0 Å². The highest BCUT2D eigenvalue weighted by Crippen LogP contribution is 2.64.